The molecule has 0 aliphatic carbocycles. The lowest BCUT2D eigenvalue weighted by Crippen LogP contribution is -2.52. The lowest BCUT2D eigenvalue weighted by molar-refractivity contribution is -0.128. The summed E-state index contributed by atoms with van der Waals surface area (Å²) in [4.78, 5) is 27.2. The number of rotatable bonds is 8. The minimum atomic E-state index is -4.27. The Morgan fingerprint density at radius 3 is 2.54 bits per heavy atom. The van der Waals surface area contributed by atoms with Gasteiger partial charge in [-0.25, -0.2) is 12.8 Å². The number of halogens is 1. The summed E-state index contributed by atoms with van der Waals surface area (Å²) in [7, 11) is -1.79. The summed E-state index contributed by atoms with van der Waals surface area (Å²) in [5.41, 5.74) is 1.31. The molecule has 9 nitrogen and oxygen atoms in total. The van der Waals surface area contributed by atoms with E-state index < -0.39 is 45.2 Å². The van der Waals surface area contributed by atoms with Gasteiger partial charge in [-0.05, 0) is 35.9 Å². The number of anilines is 1. The van der Waals surface area contributed by atoms with Crippen molar-refractivity contribution in [1.29, 1.82) is 0 Å². The number of benzene rings is 3. The minimum Gasteiger partial charge on any atom is -0.495 e. The van der Waals surface area contributed by atoms with Crippen molar-refractivity contribution in [3.05, 3.63) is 84.2 Å². The van der Waals surface area contributed by atoms with Gasteiger partial charge in [0.25, 0.3) is 5.91 Å². The molecule has 1 heterocycles. The first-order chi connectivity index (χ1) is 17.7. The molecule has 0 bridgehead atoms. The van der Waals surface area contributed by atoms with Gasteiger partial charge in [0.15, 0.2) is 6.10 Å². The smallest absolute Gasteiger partial charge is 0.263 e. The van der Waals surface area contributed by atoms with Gasteiger partial charge in [0.05, 0.1) is 25.9 Å². The summed E-state index contributed by atoms with van der Waals surface area (Å²) in [6.45, 7) is -0.395. The highest BCUT2D eigenvalue weighted by molar-refractivity contribution is 7.89. The topological polar surface area (TPSA) is 105 Å². The summed E-state index contributed by atoms with van der Waals surface area (Å²) in [6, 6.07) is 19.1. The largest absolute Gasteiger partial charge is 0.495 e. The van der Waals surface area contributed by atoms with Crippen LogP contribution in [0.5, 0.6) is 11.5 Å². The number of para-hydroxylation sites is 2. The van der Waals surface area contributed by atoms with Crippen molar-refractivity contribution in [2.24, 2.45) is 0 Å². The highest BCUT2D eigenvalue weighted by atomic mass is 32.2. The fourth-order valence-electron chi connectivity index (χ4n) is 3.89. The van der Waals surface area contributed by atoms with Crippen molar-refractivity contribution in [2.75, 3.05) is 32.1 Å². The second kappa shape index (κ2) is 11.0. The molecule has 0 saturated heterocycles. The maximum absolute atomic E-state index is 13.8. The molecule has 3 aromatic rings. The summed E-state index contributed by atoms with van der Waals surface area (Å²) < 4.78 is 51.8. The molecule has 1 aliphatic heterocycles. The number of carbonyl (C=O) groups excluding carboxylic acids is 2. The van der Waals surface area contributed by atoms with Gasteiger partial charge in [-0.1, -0.05) is 42.5 Å². The SMILES string of the molecule is COc1ccc(F)cc1S(=O)(=O)N(C)CC(=O)N1CC(C(=O)NCc2ccccc2)Oc2ccccc21. The lowest BCUT2D eigenvalue weighted by atomic mass is 10.1. The van der Waals surface area contributed by atoms with Gasteiger partial charge in [0.2, 0.25) is 15.9 Å². The monoisotopic (exact) mass is 527 g/mol. The minimum absolute atomic E-state index is 0.0485. The number of fused-ring (bicyclic) bond motifs is 1. The van der Waals surface area contributed by atoms with Crippen LogP contribution in [0.15, 0.2) is 77.7 Å². The van der Waals surface area contributed by atoms with E-state index in [2.05, 4.69) is 5.32 Å². The van der Waals surface area contributed by atoms with Crippen LogP contribution < -0.4 is 19.7 Å². The first-order valence-corrected chi connectivity index (χ1v) is 12.8. The first kappa shape index (κ1) is 26.1. The number of hydrogen-bond donors (Lipinski definition) is 1. The number of carbonyl (C=O) groups is 2. The van der Waals surface area contributed by atoms with E-state index in [-0.39, 0.29) is 18.8 Å². The number of methoxy groups -OCH3 is 1. The zero-order valence-corrected chi connectivity index (χ0v) is 21.1. The van der Waals surface area contributed by atoms with E-state index >= 15 is 0 Å². The van der Waals surface area contributed by atoms with Gasteiger partial charge in [-0.2, -0.15) is 4.31 Å². The molecule has 37 heavy (non-hydrogen) atoms. The van der Waals surface area contributed by atoms with Gasteiger partial charge >= 0.3 is 0 Å². The van der Waals surface area contributed by atoms with Crippen molar-refractivity contribution >= 4 is 27.5 Å². The van der Waals surface area contributed by atoms with Crippen LogP contribution in [-0.4, -0.2) is 57.9 Å². The third-order valence-corrected chi connectivity index (χ3v) is 7.67. The van der Waals surface area contributed by atoms with Crippen LogP contribution >= 0.6 is 0 Å². The highest BCUT2D eigenvalue weighted by Gasteiger charge is 2.35. The molecule has 1 atom stereocenters. The van der Waals surface area contributed by atoms with E-state index in [1.54, 1.807) is 24.3 Å². The van der Waals surface area contributed by atoms with Crippen LogP contribution in [0.2, 0.25) is 0 Å². The lowest BCUT2D eigenvalue weighted by Gasteiger charge is -2.35. The number of likely N-dealkylation sites (N-methyl/N-ethyl adjacent to an activating group) is 1. The molecule has 11 heteroatoms. The molecule has 1 N–H and O–H groups in total. The Hall–Kier alpha value is -3.96. The molecular formula is C26H26FN3O6S. The number of ether oxygens (including phenoxy) is 2. The van der Waals surface area contributed by atoms with Gasteiger partial charge in [0.1, 0.15) is 22.2 Å². The van der Waals surface area contributed by atoms with E-state index in [1.807, 2.05) is 30.3 Å². The number of amides is 2. The average Bonchev–Trinajstić information content (AvgIpc) is 2.91. The number of sulfonamides is 1. The van der Waals surface area contributed by atoms with Gasteiger partial charge < -0.3 is 19.7 Å². The molecule has 3 aromatic carbocycles. The Bertz CT molecular complexity index is 1400. The van der Waals surface area contributed by atoms with Crippen molar-refractivity contribution < 1.29 is 31.9 Å². The van der Waals surface area contributed by atoms with Crippen molar-refractivity contribution in [1.82, 2.24) is 9.62 Å². The van der Waals surface area contributed by atoms with Crippen LogP contribution in [0.25, 0.3) is 0 Å². The normalized spacial score (nSPS) is 15.0. The second-order valence-electron chi connectivity index (χ2n) is 8.34. The standard InChI is InChI=1S/C26H26FN3O6S/c1-29(37(33,34)24-14-19(27)12-13-22(24)35-2)17-25(31)30-16-23(36-21-11-7-6-10-20(21)30)26(32)28-15-18-8-4-3-5-9-18/h3-14,23H,15-17H2,1-2H3,(H,28,32). The van der Waals surface area contributed by atoms with E-state index in [4.69, 9.17) is 9.47 Å². The summed E-state index contributed by atoms with van der Waals surface area (Å²) in [5, 5.41) is 2.81. The van der Waals surface area contributed by atoms with Crippen LogP contribution in [0.3, 0.4) is 0 Å². The molecule has 0 fully saturated rings. The molecule has 2 amide bonds. The zero-order chi connectivity index (χ0) is 26.6. The molecule has 0 spiro atoms. The summed E-state index contributed by atoms with van der Waals surface area (Å²) >= 11 is 0. The Morgan fingerprint density at radius 1 is 1.11 bits per heavy atom. The molecule has 4 rings (SSSR count). The molecule has 0 aromatic heterocycles. The third kappa shape index (κ3) is 5.73. The highest BCUT2D eigenvalue weighted by Crippen LogP contribution is 2.34. The third-order valence-electron chi connectivity index (χ3n) is 5.85. The van der Waals surface area contributed by atoms with E-state index in [0.717, 1.165) is 22.0 Å². The fraction of sp³-hybridized carbons (Fsp3) is 0.231. The molecular weight excluding hydrogens is 501 g/mol. The second-order valence-corrected chi connectivity index (χ2v) is 10.4. The van der Waals surface area contributed by atoms with E-state index in [9.17, 15) is 22.4 Å². The van der Waals surface area contributed by atoms with E-state index in [1.165, 1.54) is 25.1 Å². The van der Waals surface area contributed by atoms with Crippen molar-refractivity contribution in [3.8, 4) is 11.5 Å². The Labute approximate surface area is 214 Å². The van der Waals surface area contributed by atoms with Crippen molar-refractivity contribution in [3.63, 3.8) is 0 Å². The van der Waals surface area contributed by atoms with E-state index in [0.29, 0.717) is 11.4 Å². The summed E-state index contributed by atoms with van der Waals surface area (Å²) in [5.74, 6) is -1.49. The molecule has 0 radical (unpaired) electrons. The maximum atomic E-state index is 13.8. The van der Waals surface area contributed by atoms with Gasteiger partial charge in [-0.3, -0.25) is 9.59 Å². The fourth-order valence-corrected chi connectivity index (χ4v) is 5.17. The first-order valence-electron chi connectivity index (χ1n) is 11.4. The number of nitrogens with zero attached hydrogens (tertiary/aromatic N) is 2. The Morgan fingerprint density at radius 2 is 1.81 bits per heavy atom. The van der Waals surface area contributed by atoms with Crippen LogP contribution in [-0.2, 0) is 26.2 Å². The van der Waals surface area contributed by atoms with Crippen molar-refractivity contribution in [2.45, 2.75) is 17.5 Å². The number of nitrogens with one attached hydrogen (secondary N) is 1. The van der Waals surface area contributed by atoms with Crippen LogP contribution in [0.4, 0.5) is 10.1 Å². The van der Waals surface area contributed by atoms with Crippen LogP contribution in [0.1, 0.15) is 5.56 Å². The molecule has 1 unspecified atom stereocenters. The van der Waals surface area contributed by atoms with Crippen LogP contribution in [0, 0.1) is 5.82 Å². The predicted octanol–water partition coefficient (Wildman–Crippen LogP) is 2.57. The van der Waals surface area contributed by atoms with Gasteiger partial charge in [-0.15, -0.1) is 0 Å². The molecule has 194 valence electrons. The van der Waals surface area contributed by atoms with Gasteiger partial charge in [0, 0.05) is 13.6 Å². The molecule has 0 saturated carbocycles. The number of hydrogen-bond acceptors (Lipinski definition) is 6. The Kier molecular flexibility index (Phi) is 7.74. The maximum Gasteiger partial charge on any atom is 0.263 e. The predicted molar refractivity (Wildman–Crippen MR) is 134 cm³/mol. The molecule has 1 aliphatic rings. The average molecular weight is 528 g/mol. The zero-order valence-electron chi connectivity index (χ0n) is 20.3. The summed E-state index contributed by atoms with van der Waals surface area (Å²) in [6.07, 6.45) is -1.01. The quantitative estimate of drug-likeness (QED) is 0.483. The Balaban J connectivity index is 1.52.